The average molecular weight is 326 g/mol. The molecule has 0 unspecified atom stereocenters. The highest BCUT2D eigenvalue weighted by atomic mass is 35.5. The Morgan fingerprint density at radius 1 is 1.41 bits per heavy atom. The van der Waals surface area contributed by atoms with Gasteiger partial charge in [-0.3, -0.25) is 4.79 Å². The first-order valence-electron chi connectivity index (χ1n) is 6.93. The Morgan fingerprint density at radius 3 is 2.91 bits per heavy atom. The van der Waals surface area contributed by atoms with E-state index in [9.17, 15) is 9.18 Å². The van der Waals surface area contributed by atoms with Crippen molar-refractivity contribution in [3.63, 3.8) is 0 Å². The molecule has 1 saturated heterocycles. The summed E-state index contributed by atoms with van der Waals surface area (Å²) in [4.78, 5) is 15.8. The second-order valence-electron chi connectivity index (χ2n) is 5.00. The molecule has 1 aliphatic heterocycles. The van der Waals surface area contributed by atoms with Gasteiger partial charge < -0.3 is 10.6 Å². The second kappa shape index (κ2) is 7.33. The van der Waals surface area contributed by atoms with Crippen molar-refractivity contribution in [2.24, 2.45) is 0 Å². The summed E-state index contributed by atoms with van der Waals surface area (Å²) >= 11 is 0. The van der Waals surface area contributed by atoms with E-state index in [1.165, 1.54) is 23.4 Å². The van der Waals surface area contributed by atoms with Crippen molar-refractivity contribution >= 4 is 24.0 Å². The van der Waals surface area contributed by atoms with E-state index in [-0.39, 0.29) is 24.4 Å². The molecule has 8 heteroatoms. The fourth-order valence-corrected chi connectivity index (χ4v) is 2.41. The van der Waals surface area contributed by atoms with Crippen molar-refractivity contribution in [2.75, 3.05) is 11.9 Å². The number of hydrogen-bond donors (Lipinski definition) is 2. The van der Waals surface area contributed by atoms with Crippen LogP contribution in [0.3, 0.4) is 0 Å². The van der Waals surface area contributed by atoms with Gasteiger partial charge in [0.25, 0.3) is 0 Å². The molecular weight excluding hydrogens is 309 g/mol. The van der Waals surface area contributed by atoms with Crippen molar-refractivity contribution in [1.29, 1.82) is 0 Å². The number of anilines is 1. The number of benzene rings is 1. The van der Waals surface area contributed by atoms with E-state index in [1.54, 1.807) is 12.1 Å². The smallest absolute Gasteiger partial charge is 0.241 e. The maximum atomic E-state index is 14.1. The van der Waals surface area contributed by atoms with E-state index in [4.69, 9.17) is 0 Å². The first-order chi connectivity index (χ1) is 10.2. The van der Waals surface area contributed by atoms with E-state index >= 15 is 0 Å². The monoisotopic (exact) mass is 325 g/mol. The van der Waals surface area contributed by atoms with Gasteiger partial charge in [0.1, 0.15) is 18.3 Å². The van der Waals surface area contributed by atoms with Gasteiger partial charge in [0.15, 0.2) is 5.82 Å². The predicted octanol–water partition coefficient (Wildman–Crippen LogP) is 1.91. The summed E-state index contributed by atoms with van der Waals surface area (Å²) in [5.41, 5.74) is 0.732. The standard InChI is InChI=1S/C14H16FN5O.ClH/c15-11-7-10(4-5-13(11)20-9-16-8-18-20)19-14(21)12-3-1-2-6-17-12;/h4-5,7-9,12,17H,1-3,6H2,(H,19,21);1H/t12-;/m0./s1. The van der Waals surface area contributed by atoms with Crippen molar-refractivity contribution in [2.45, 2.75) is 25.3 Å². The number of hydrogen-bond acceptors (Lipinski definition) is 4. The molecule has 0 spiro atoms. The summed E-state index contributed by atoms with van der Waals surface area (Å²) in [6, 6.07) is 4.31. The van der Waals surface area contributed by atoms with Crippen molar-refractivity contribution in [1.82, 2.24) is 20.1 Å². The lowest BCUT2D eigenvalue weighted by atomic mass is 10.0. The van der Waals surface area contributed by atoms with Gasteiger partial charge in [-0.05, 0) is 37.6 Å². The van der Waals surface area contributed by atoms with Crippen LogP contribution in [-0.2, 0) is 4.79 Å². The molecule has 2 N–H and O–H groups in total. The van der Waals surface area contributed by atoms with Gasteiger partial charge in [-0.2, -0.15) is 5.10 Å². The number of nitrogens with one attached hydrogen (secondary N) is 2. The van der Waals surface area contributed by atoms with Crippen LogP contribution >= 0.6 is 12.4 Å². The lowest BCUT2D eigenvalue weighted by Crippen LogP contribution is -2.43. The Balaban J connectivity index is 0.00000176. The van der Waals surface area contributed by atoms with E-state index in [1.807, 2.05) is 0 Å². The molecule has 1 aromatic carbocycles. The summed E-state index contributed by atoms with van der Waals surface area (Å²) in [6.07, 6.45) is 5.69. The molecule has 2 heterocycles. The Bertz CT molecular complexity index is 628. The molecule has 3 rings (SSSR count). The number of aromatic nitrogens is 3. The summed E-state index contributed by atoms with van der Waals surface area (Å²) in [7, 11) is 0. The summed E-state index contributed by atoms with van der Waals surface area (Å²) < 4.78 is 15.4. The first kappa shape index (κ1) is 16.4. The van der Waals surface area contributed by atoms with Gasteiger partial charge in [0.2, 0.25) is 5.91 Å². The summed E-state index contributed by atoms with van der Waals surface area (Å²) in [5, 5.41) is 9.78. The van der Waals surface area contributed by atoms with Crippen LogP contribution in [0.4, 0.5) is 10.1 Å². The zero-order valence-corrected chi connectivity index (χ0v) is 12.6. The van der Waals surface area contributed by atoms with Gasteiger partial charge in [-0.1, -0.05) is 6.42 Å². The summed E-state index contributed by atoms with van der Waals surface area (Å²) in [6.45, 7) is 0.845. The number of nitrogens with zero attached hydrogens (tertiary/aromatic N) is 3. The molecule has 0 bridgehead atoms. The first-order valence-corrected chi connectivity index (χ1v) is 6.93. The minimum absolute atomic E-state index is 0. The number of halogens is 2. The summed E-state index contributed by atoms with van der Waals surface area (Å²) in [5.74, 6) is -0.586. The lowest BCUT2D eigenvalue weighted by Gasteiger charge is -2.22. The zero-order chi connectivity index (χ0) is 14.7. The molecule has 1 fully saturated rings. The number of carbonyl (C=O) groups is 1. The highest BCUT2D eigenvalue weighted by Gasteiger charge is 2.20. The Labute approximate surface area is 133 Å². The third-order valence-electron chi connectivity index (χ3n) is 3.51. The van der Waals surface area contributed by atoms with E-state index in [0.717, 1.165) is 25.8 Å². The Kier molecular flexibility index (Phi) is 5.46. The van der Waals surface area contributed by atoms with Crippen LogP contribution < -0.4 is 10.6 Å². The molecule has 0 saturated carbocycles. The van der Waals surface area contributed by atoms with Crippen LogP contribution in [-0.4, -0.2) is 33.3 Å². The topological polar surface area (TPSA) is 71.8 Å². The minimum Gasteiger partial charge on any atom is -0.325 e. The Morgan fingerprint density at radius 2 is 2.27 bits per heavy atom. The molecule has 1 aromatic heterocycles. The average Bonchev–Trinajstić information content (AvgIpc) is 3.02. The largest absolute Gasteiger partial charge is 0.325 e. The number of carbonyl (C=O) groups excluding carboxylic acids is 1. The van der Waals surface area contributed by atoms with Crippen LogP contribution in [0.25, 0.3) is 5.69 Å². The molecule has 2 aromatic rings. The predicted molar refractivity (Wildman–Crippen MR) is 82.8 cm³/mol. The lowest BCUT2D eigenvalue weighted by molar-refractivity contribution is -0.118. The maximum absolute atomic E-state index is 14.1. The van der Waals surface area contributed by atoms with Crippen LogP contribution in [0.2, 0.25) is 0 Å². The molecule has 6 nitrogen and oxygen atoms in total. The van der Waals surface area contributed by atoms with E-state index < -0.39 is 5.82 Å². The Hall–Kier alpha value is -1.99. The number of amides is 1. The molecule has 0 radical (unpaired) electrons. The number of piperidine rings is 1. The van der Waals surface area contributed by atoms with Crippen LogP contribution in [0.5, 0.6) is 0 Å². The van der Waals surface area contributed by atoms with Gasteiger partial charge in [-0.25, -0.2) is 14.1 Å². The molecular formula is C14H17ClFN5O. The quantitative estimate of drug-likeness (QED) is 0.904. The van der Waals surface area contributed by atoms with Crippen LogP contribution in [0.15, 0.2) is 30.9 Å². The van der Waals surface area contributed by atoms with E-state index in [2.05, 4.69) is 20.7 Å². The van der Waals surface area contributed by atoms with Crippen LogP contribution in [0.1, 0.15) is 19.3 Å². The molecule has 22 heavy (non-hydrogen) atoms. The second-order valence-corrected chi connectivity index (χ2v) is 5.00. The third-order valence-corrected chi connectivity index (χ3v) is 3.51. The third kappa shape index (κ3) is 3.61. The molecule has 1 aliphatic rings. The van der Waals surface area contributed by atoms with Gasteiger partial charge in [0.05, 0.1) is 6.04 Å². The van der Waals surface area contributed by atoms with Crippen LogP contribution in [0, 0.1) is 5.82 Å². The maximum Gasteiger partial charge on any atom is 0.241 e. The van der Waals surface area contributed by atoms with Gasteiger partial charge in [-0.15, -0.1) is 12.4 Å². The highest BCUT2D eigenvalue weighted by molar-refractivity contribution is 5.95. The number of rotatable bonds is 3. The molecule has 118 valence electrons. The SMILES string of the molecule is Cl.O=C(Nc1ccc(-n2cncn2)c(F)c1)[C@@H]1CCCCN1. The van der Waals surface area contributed by atoms with Crippen molar-refractivity contribution in [3.8, 4) is 5.69 Å². The van der Waals surface area contributed by atoms with Gasteiger partial charge in [0, 0.05) is 5.69 Å². The fraction of sp³-hybridized carbons (Fsp3) is 0.357. The minimum atomic E-state index is -0.463. The molecule has 1 amide bonds. The normalized spacial score (nSPS) is 17.6. The fourth-order valence-electron chi connectivity index (χ4n) is 2.41. The molecule has 0 aliphatic carbocycles. The highest BCUT2D eigenvalue weighted by Crippen LogP contribution is 2.18. The zero-order valence-electron chi connectivity index (χ0n) is 11.8. The van der Waals surface area contributed by atoms with E-state index in [0.29, 0.717) is 11.4 Å². The van der Waals surface area contributed by atoms with Crippen molar-refractivity contribution in [3.05, 3.63) is 36.7 Å². The van der Waals surface area contributed by atoms with Gasteiger partial charge >= 0.3 is 0 Å². The van der Waals surface area contributed by atoms with Crippen molar-refractivity contribution < 1.29 is 9.18 Å². The molecule has 1 atom stereocenters.